The zero-order chi connectivity index (χ0) is 15.1. The molecule has 0 unspecified atom stereocenters. The molecule has 116 valence electrons. The first-order chi connectivity index (χ1) is 10.2. The summed E-state index contributed by atoms with van der Waals surface area (Å²) in [5.74, 6) is 0.649. The number of carbonyl (C=O) groups excluding carboxylic acids is 1. The summed E-state index contributed by atoms with van der Waals surface area (Å²) in [5, 5.41) is 1.66. The third-order valence-electron chi connectivity index (χ3n) is 3.78. The van der Waals surface area contributed by atoms with Crippen molar-refractivity contribution in [3.63, 3.8) is 0 Å². The SMILES string of the molecule is CC[C@@H](CCCCl)NN1C(=O)OC[C@@H]1Cc1ccccc1. The highest BCUT2D eigenvalue weighted by Crippen LogP contribution is 2.17. The summed E-state index contributed by atoms with van der Waals surface area (Å²) in [5.41, 5.74) is 4.53. The van der Waals surface area contributed by atoms with Gasteiger partial charge in [-0.05, 0) is 31.2 Å². The van der Waals surface area contributed by atoms with Crippen LogP contribution in [0.3, 0.4) is 0 Å². The molecule has 0 aliphatic carbocycles. The molecule has 2 rings (SSSR count). The van der Waals surface area contributed by atoms with Gasteiger partial charge in [0.15, 0.2) is 0 Å². The van der Waals surface area contributed by atoms with Crippen molar-refractivity contribution in [2.75, 3.05) is 12.5 Å². The van der Waals surface area contributed by atoms with Gasteiger partial charge >= 0.3 is 6.09 Å². The van der Waals surface area contributed by atoms with Crippen LogP contribution in [0.1, 0.15) is 31.7 Å². The molecule has 1 aromatic carbocycles. The standard InChI is InChI=1S/C16H23ClN2O2/c1-2-14(9-6-10-17)18-19-15(12-21-16(19)20)11-13-7-4-3-5-8-13/h3-5,7-8,14-15,18H,2,6,9-12H2,1H3/t14-,15-/m0/s1. The van der Waals surface area contributed by atoms with E-state index < -0.39 is 0 Å². The van der Waals surface area contributed by atoms with E-state index in [4.69, 9.17) is 16.3 Å². The molecule has 1 aliphatic heterocycles. The van der Waals surface area contributed by atoms with Gasteiger partial charge in [-0.1, -0.05) is 37.3 Å². The Morgan fingerprint density at radius 2 is 2.19 bits per heavy atom. The lowest BCUT2D eigenvalue weighted by Crippen LogP contribution is -2.50. The van der Waals surface area contributed by atoms with E-state index in [0.717, 1.165) is 25.7 Å². The second kappa shape index (κ2) is 8.25. The van der Waals surface area contributed by atoms with Gasteiger partial charge in [0.1, 0.15) is 6.61 Å². The van der Waals surface area contributed by atoms with Gasteiger partial charge in [-0.3, -0.25) is 0 Å². The minimum absolute atomic E-state index is 0.0463. The van der Waals surface area contributed by atoms with Crippen LogP contribution < -0.4 is 5.43 Å². The van der Waals surface area contributed by atoms with Gasteiger partial charge < -0.3 is 4.74 Å². The molecule has 1 amide bonds. The van der Waals surface area contributed by atoms with Gasteiger partial charge in [0.25, 0.3) is 0 Å². The molecule has 0 aromatic heterocycles. The fourth-order valence-corrected chi connectivity index (χ4v) is 2.69. The Hall–Kier alpha value is -1.26. The lowest BCUT2D eigenvalue weighted by molar-refractivity contribution is 0.128. The summed E-state index contributed by atoms with van der Waals surface area (Å²) < 4.78 is 5.20. The van der Waals surface area contributed by atoms with Crippen LogP contribution in [-0.4, -0.2) is 35.7 Å². The van der Waals surface area contributed by atoms with Gasteiger partial charge in [0.2, 0.25) is 0 Å². The first-order valence-corrected chi connectivity index (χ1v) is 8.10. The van der Waals surface area contributed by atoms with E-state index in [-0.39, 0.29) is 18.2 Å². The van der Waals surface area contributed by atoms with Crippen LogP contribution in [-0.2, 0) is 11.2 Å². The zero-order valence-corrected chi connectivity index (χ0v) is 13.2. The quantitative estimate of drug-likeness (QED) is 0.749. The number of ether oxygens (including phenoxy) is 1. The van der Waals surface area contributed by atoms with Crippen molar-refractivity contribution in [1.82, 2.24) is 10.4 Å². The van der Waals surface area contributed by atoms with Crippen molar-refractivity contribution in [3.8, 4) is 0 Å². The van der Waals surface area contributed by atoms with E-state index in [1.165, 1.54) is 5.56 Å². The average molecular weight is 311 g/mol. The zero-order valence-electron chi connectivity index (χ0n) is 12.4. The predicted molar refractivity (Wildman–Crippen MR) is 84.3 cm³/mol. The van der Waals surface area contributed by atoms with Crippen molar-refractivity contribution >= 4 is 17.7 Å². The number of hydrogen-bond acceptors (Lipinski definition) is 3. The van der Waals surface area contributed by atoms with Gasteiger partial charge in [0, 0.05) is 11.9 Å². The molecule has 5 heteroatoms. The van der Waals surface area contributed by atoms with Crippen LogP contribution in [0.4, 0.5) is 4.79 Å². The summed E-state index contributed by atoms with van der Waals surface area (Å²) >= 11 is 5.75. The van der Waals surface area contributed by atoms with Crippen molar-refractivity contribution in [2.45, 2.75) is 44.7 Å². The second-order valence-corrected chi connectivity index (χ2v) is 5.73. The highest BCUT2D eigenvalue weighted by Gasteiger charge is 2.34. The Bertz CT molecular complexity index is 441. The number of benzene rings is 1. The number of amides is 1. The van der Waals surface area contributed by atoms with Crippen molar-refractivity contribution in [2.24, 2.45) is 0 Å². The summed E-state index contributed by atoms with van der Waals surface area (Å²) in [6, 6.07) is 10.5. The van der Waals surface area contributed by atoms with Gasteiger partial charge in [-0.15, -0.1) is 11.6 Å². The highest BCUT2D eigenvalue weighted by atomic mass is 35.5. The minimum atomic E-state index is -0.278. The molecule has 4 nitrogen and oxygen atoms in total. The fourth-order valence-electron chi connectivity index (χ4n) is 2.54. The molecule has 0 bridgehead atoms. The maximum absolute atomic E-state index is 11.9. The molecule has 0 radical (unpaired) electrons. The molecule has 1 heterocycles. The highest BCUT2D eigenvalue weighted by molar-refractivity contribution is 6.17. The molecule has 1 fully saturated rings. The number of hydrogen-bond donors (Lipinski definition) is 1. The topological polar surface area (TPSA) is 41.6 Å². The third-order valence-corrected chi connectivity index (χ3v) is 4.04. The molecule has 0 spiro atoms. The molecule has 21 heavy (non-hydrogen) atoms. The molecule has 1 aliphatic rings. The number of rotatable bonds is 8. The number of halogens is 1. The summed E-state index contributed by atoms with van der Waals surface area (Å²) in [6.07, 6.45) is 3.38. The van der Waals surface area contributed by atoms with Crippen molar-refractivity contribution < 1.29 is 9.53 Å². The number of nitrogens with zero attached hydrogens (tertiary/aromatic N) is 1. The minimum Gasteiger partial charge on any atom is -0.446 e. The van der Waals surface area contributed by atoms with Crippen LogP contribution >= 0.6 is 11.6 Å². The Morgan fingerprint density at radius 3 is 2.86 bits per heavy atom. The smallest absolute Gasteiger partial charge is 0.424 e. The lowest BCUT2D eigenvalue weighted by Gasteiger charge is -2.27. The first-order valence-electron chi connectivity index (χ1n) is 7.56. The van der Waals surface area contributed by atoms with E-state index in [0.29, 0.717) is 12.5 Å². The summed E-state index contributed by atoms with van der Waals surface area (Å²) in [6.45, 7) is 2.55. The van der Waals surface area contributed by atoms with Gasteiger partial charge in [-0.25, -0.2) is 15.2 Å². The molecule has 1 saturated heterocycles. The molecule has 0 saturated carbocycles. The van der Waals surface area contributed by atoms with Crippen LogP contribution in [0.2, 0.25) is 0 Å². The molecule has 1 aromatic rings. The van der Waals surface area contributed by atoms with E-state index in [2.05, 4.69) is 24.5 Å². The normalized spacial score (nSPS) is 19.6. The van der Waals surface area contributed by atoms with Crippen molar-refractivity contribution in [1.29, 1.82) is 0 Å². The van der Waals surface area contributed by atoms with Crippen LogP contribution in [0.5, 0.6) is 0 Å². The van der Waals surface area contributed by atoms with E-state index in [1.54, 1.807) is 5.01 Å². The lowest BCUT2D eigenvalue weighted by atomic mass is 10.1. The molecule has 1 N–H and O–H groups in total. The Labute approximate surface area is 131 Å². The largest absolute Gasteiger partial charge is 0.446 e. The number of carbonyl (C=O) groups is 1. The maximum atomic E-state index is 11.9. The maximum Gasteiger partial charge on any atom is 0.424 e. The number of nitrogens with one attached hydrogen (secondary N) is 1. The van der Waals surface area contributed by atoms with E-state index >= 15 is 0 Å². The fraction of sp³-hybridized carbons (Fsp3) is 0.562. The van der Waals surface area contributed by atoms with E-state index in [9.17, 15) is 4.79 Å². The van der Waals surface area contributed by atoms with Crippen LogP contribution in [0.15, 0.2) is 30.3 Å². The predicted octanol–water partition coefficient (Wildman–Crippen LogP) is 3.35. The number of cyclic esters (lactones) is 1. The number of alkyl halides is 1. The second-order valence-electron chi connectivity index (χ2n) is 5.36. The Morgan fingerprint density at radius 1 is 1.43 bits per heavy atom. The summed E-state index contributed by atoms with van der Waals surface area (Å²) in [4.78, 5) is 11.9. The number of hydrazine groups is 1. The monoisotopic (exact) mass is 310 g/mol. The first kappa shape index (κ1) is 16.1. The Balaban J connectivity index is 1.96. The van der Waals surface area contributed by atoms with Gasteiger partial charge in [-0.2, -0.15) is 0 Å². The van der Waals surface area contributed by atoms with Crippen molar-refractivity contribution in [3.05, 3.63) is 35.9 Å². The average Bonchev–Trinajstić information content (AvgIpc) is 2.85. The third kappa shape index (κ3) is 4.61. The Kier molecular flexibility index (Phi) is 6.33. The molecular formula is C16H23ClN2O2. The van der Waals surface area contributed by atoms with Crippen LogP contribution in [0, 0.1) is 0 Å². The van der Waals surface area contributed by atoms with Gasteiger partial charge in [0.05, 0.1) is 6.04 Å². The molecular weight excluding hydrogens is 288 g/mol. The summed E-state index contributed by atoms with van der Waals surface area (Å²) in [7, 11) is 0. The van der Waals surface area contributed by atoms with E-state index in [1.807, 2.05) is 18.2 Å². The molecule has 2 atom stereocenters. The van der Waals surface area contributed by atoms with Crippen LogP contribution in [0.25, 0.3) is 0 Å².